The number of hydrogen-bond donors (Lipinski definition) is 1. The number of carbonyl (C=O) groups is 5. The van der Waals surface area contributed by atoms with Crippen molar-refractivity contribution in [3.63, 3.8) is 0 Å². The van der Waals surface area contributed by atoms with Gasteiger partial charge in [0.15, 0.2) is 6.61 Å². The molecule has 1 aromatic rings. The van der Waals surface area contributed by atoms with Gasteiger partial charge in [-0.25, -0.2) is 4.79 Å². The van der Waals surface area contributed by atoms with E-state index in [2.05, 4.69) is 5.32 Å². The third-order valence-corrected chi connectivity index (χ3v) is 6.99. The molecule has 1 saturated heterocycles. The molecule has 3 amide bonds. The van der Waals surface area contributed by atoms with Gasteiger partial charge in [0, 0.05) is 6.54 Å². The number of carbonyl (C=O) groups excluding carboxylic acids is 5. The summed E-state index contributed by atoms with van der Waals surface area (Å²) in [7, 11) is 0. The number of thiophene rings is 1. The van der Waals surface area contributed by atoms with Crippen LogP contribution >= 0.6 is 11.3 Å². The largest absolute Gasteiger partial charge is 0.462 e. The fourth-order valence-electron chi connectivity index (χ4n) is 4.25. The van der Waals surface area contributed by atoms with Crippen molar-refractivity contribution < 1.29 is 33.4 Å². The van der Waals surface area contributed by atoms with Crippen molar-refractivity contribution in [3.05, 3.63) is 28.7 Å². The van der Waals surface area contributed by atoms with E-state index in [9.17, 15) is 24.0 Å². The number of likely N-dealkylation sites (tertiary alicyclic amines) is 1. The zero-order valence-corrected chi connectivity index (χ0v) is 19.2. The maximum atomic E-state index is 12.4. The summed E-state index contributed by atoms with van der Waals surface area (Å²) >= 11 is 1.24. The van der Waals surface area contributed by atoms with E-state index in [4.69, 9.17) is 9.47 Å². The molecule has 0 spiro atoms. The van der Waals surface area contributed by atoms with Crippen molar-refractivity contribution in [2.75, 3.05) is 25.1 Å². The van der Waals surface area contributed by atoms with Gasteiger partial charge in [-0.3, -0.25) is 24.1 Å². The molecule has 2 atom stereocenters. The Morgan fingerprint density at radius 2 is 1.76 bits per heavy atom. The van der Waals surface area contributed by atoms with Gasteiger partial charge < -0.3 is 14.8 Å². The fourth-order valence-corrected chi connectivity index (χ4v) is 5.29. The molecule has 0 unspecified atom stereocenters. The minimum atomic E-state index is -0.686. The van der Waals surface area contributed by atoms with Crippen molar-refractivity contribution in [2.45, 2.75) is 44.9 Å². The maximum Gasteiger partial charge on any atom is 0.341 e. The highest BCUT2D eigenvalue weighted by Gasteiger charge is 2.47. The summed E-state index contributed by atoms with van der Waals surface area (Å²) in [6.07, 6.45) is 6.68. The van der Waals surface area contributed by atoms with Crippen molar-refractivity contribution in [3.8, 4) is 0 Å². The number of imide groups is 1. The van der Waals surface area contributed by atoms with Gasteiger partial charge >= 0.3 is 11.9 Å². The summed E-state index contributed by atoms with van der Waals surface area (Å²) in [4.78, 5) is 62.8. The Kier molecular flexibility index (Phi) is 6.92. The van der Waals surface area contributed by atoms with Gasteiger partial charge in [-0.05, 0) is 49.5 Å². The first-order valence-corrected chi connectivity index (χ1v) is 12.0. The monoisotopic (exact) mass is 474 g/mol. The second kappa shape index (κ2) is 9.86. The van der Waals surface area contributed by atoms with Gasteiger partial charge in [-0.15, -0.1) is 11.3 Å². The first kappa shape index (κ1) is 23.2. The van der Waals surface area contributed by atoms with E-state index in [0.717, 1.165) is 23.3 Å². The lowest BCUT2D eigenvalue weighted by Crippen LogP contribution is -2.33. The molecule has 0 aromatic carbocycles. The molecule has 2 heterocycles. The van der Waals surface area contributed by atoms with Gasteiger partial charge in [0.2, 0.25) is 11.8 Å². The number of hydrogen-bond acceptors (Lipinski definition) is 8. The number of esters is 2. The highest BCUT2D eigenvalue weighted by Crippen LogP contribution is 2.46. The van der Waals surface area contributed by atoms with E-state index in [-0.39, 0.29) is 43.2 Å². The molecule has 0 bridgehead atoms. The Balaban J connectivity index is 1.27. The van der Waals surface area contributed by atoms with Crippen molar-refractivity contribution >= 4 is 46.0 Å². The molecule has 33 heavy (non-hydrogen) atoms. The van der Waals surface area contributed by atoms with E-state index < -0.39 is 24.5 Å². The molecular weight excluding hydrogens is 448 g/mol. The average molecular weight is 475 g/mol. The maximum absolute atomic E-state index is 12.4. The predicted octanol–water partition coefficient (Wildman–Crippen LogP) is 2.63. The molecule has 176 valence electrons. The summed E-state index contributed by atoms with van der Waals surface area (Å²) < 4.78 is 10.1. The predicted molar refractivity (Wildman–Crippen MR) is 119 cm³/mol. The van der Waals surface area contributed by atoms with E-state index in [1.807, 2.05) is 17.5 Å². The molecule has 10 heteroatoms. The normalized spacial score (nSPS) is 21.7. The molecule has 1 aliphatic heterocycles. The molecule has 1 aromatic heterocycles. The summed E-state index contributed by atoms with van der Waals surface area (Å²) in [5.74, 6) is -2.64. The number of nitrogens with one attached hydrogen (secondary N) is 1. The van der Waals surface area contributed by atoms with Gasteiger partial charge in [0.1, 0.15) is 5.00 Å². The SMILES string of the molecule is CCOC(=O)c1c(C2CC2)csc1NC(=O)COC(=O)CCN1C(=O)[C@H]2CC=CC[C@H]2C1=O. The highest BCUT2D eigenvalue weighted by molar-refractivity contribution is 7.15. The number of ether oxygens (including phenoxy) is 2. The van der Waals surface area contributed by atoms with Crippen LogP contribution in [0.15, 0.2) is 17.5 Å². The fraction of sp³-hybridized carbons (Fsp3) is 0.522. The third kappa shape index (κ3) is 5.00. The second-order valence-electron chi connectivity index (χ2n) is 8.33. The van der Waals surface area contributed by atoms with Crippen LogP contribution in [0.3, 0.4) is 0 Å². The van der Waals surface area contributed by atoms with Crippen molar-refractivity contribution in [2.24, 2.45) is 11.8 Å². The quantitative estimate of drug-likeness (QED) is 0.332. The zero-order chi connectivity index (χ0) is 23.5. The average Bonchev–Trinajstić information content (AvgIpc) is 3.52. The third-order valence-electron chi connectivity index (χ3n) is 6.07. The van der Waals surface area contributed by atoms with Crippen LogP contribution in [0.5, 0.6) is 0 Å². The number of fused-ring (bicyclic) bond motifs is 1. The summed E-state index contributed by atoms with van der Waals surface area (Å²) in [5, 5.41) is 4.86. The van der Waals surface area contributed by atoms with Crippen LogP contribution < -0.4 is 5.32 Å². The van der Waals surface area contributed by atoms with E-state index in [1.54, 1.807) is 6.92 Å². The number of allylic oxidation sites excluding steroid dienone is 2. The molecule has 2 aliphatic carbocycles. The summed E-state index contributed by atoms with van der Waals surface area (Å²) in [6.45, 7) is 1.35. The molecular formula is C23H26N2O7S. The van der Waals surface area contributed by atoms with Crippen LogP contribution in [0.25, 0.3) is 0 Å². The number of anilines is 1. The Morgan fingerprint density at radius 3 is 2.36 bits per heavy atom. The van der Waals surface area contributed by atoms with Crippen LogP contribution in [-0.4, -0.2) is 54.3 Å². The van der Waals surface area contributed by atoms with Crippen LogP contribution in [0.1, 0.15) is 60.9 Å². The Hall–Kier alpha value is -3.01. The summed E-state index contributed by atoms with van der Waals surface area (Å²) in [5.41, 5.74) is 1.24. The smallest absolute Gasteiger partial charge is 0.341 e. The topological polar surface area (TPSA) is 119 Å². The van der Waals surface area contributed by atoms with Crippen LogP contribution in [-0.2, 0) is 28.7 Å². The van der Waals surface area contributed by atoms with E-state index in [0.29, 0.717) is 29.3 Å². The van der Waals surface area contributed by atoms with E-state index >= 15 is 0 Å². The van der Waals surface area contributed by atoms with Gasteiger partial charge in [-0.2, -0.15) is 0 Å². The molecule has 2 fully saturated rings. The molecule has 1 N–H and O–H groups in total. The number of amides is 3. The number of rotatable bonds is 9. The Morgan fingerprint density at radius 1 is 1.09 bits per heavy atom. The lowest BCUT2D eigenvalue weighted by Gasteiger charge is -2.14. The standard InChI is InChI=1S/C23H26N2O7S/c1-2-31-23(30)19-16(13-7-8-13)12-33-20(19)24-17(26)11-32-18(27)9-10-25-21(28)14-5-3-4-6-15(14)22(25)29/h3-4,12-15H,2,5-11H2,1H3,(H,24,26)/t14-,15+. The molecule has 4 rings (SSSR count). The first-order chi connectivity index (χ1) is 15.9. The molecule has 9 nitrogen and oxygen atoms in total. The molecule has 0 radical (unpaired) electrons. The minimum Gasteiger partial charge on any atom is -0.462 e. The minimum absolute atomic E-state index is 0.0617. The van der Waals surface area contributed by atoms with E-state index in [1.165, 1.54) is 11.3 Å². The lowest BCUT2D eigenvalue weighted by molar-refractivity contribution is -0.148. The van der Waals surface area contributed by atoms with Gasteiger partial charge in [0.25, 0.3) is 5.91 Å². The molecule has 1 saturated carbocycles. The van der Waals surface area contributed by atoms with Crippen LogP contribution in [0.4, 0.5) is 5.00 Å². The van der Waals surface area contributed by atoms with Gasteiger partial charge in [-0.1, -0.05) is 12.2 Å². The van der Waals surface area contributed by atoms with Crippen LogP contribution in [0.2, 0.25) is 0 Å². The van der Waals surface area contributed by atoms with Crippen molar-refractivity contribution in [1.82, 2.24) is 4.90 Å². The van der Waals surface area contributed by atoms with Crippen molar-refractivity contribution in [1.29, 1.82) is 0 Å². The Bertz CT molecular complexity index is 984. The zero-order valence-electron chi connectivity index (χ0n) is 18.3. The molecule has 3 aliphatic rings. The first-order valence-electron chi connectivity index (χ1n) is 11.1. The van der Waals surface area contributed by atoms with Crippen LogP contribution in [0, 0.1) is 11.8 Å². The summed E-state index contributed by atoms with van der Waals surface area (Å²) in [6, 6.07) is 0. The van der Waals surface area contributed by atoms with Gasteiger partial charge in [0.05, 0.1) is 30.4 Å². The lowest BCUT2D eigenvalue weighted by atomic mass is 9.85. The Labute approximate surface area is 195 Å². The number of nitrogens with zero attached hydrogens (tertiary/aromatic N) is 1. The second-order valence-corrected chi connectivity index (χ2v) is 9.21. The highest BCUT2D eigenvalue weighted by atomic mass is 32.1.